The van der Waals surface area contributed by atoms with Crippen LogP contribution >= 0.6 is 34.9 Å². The zero-order valence-corrected chi connectivity index (χ0v) is 14.1. The third-order valence-electron chi connectivity index (χ3n) is 3.84. The van der Waals surface area contributed by atoms with E-state index in [-0.39, 0.29) is 5.25 Å². The number of thiophene rings is 1. The largest absolute Gasteiger partial charge is 0.298 e. The second-order valence-corrected chi connectivity index (χ2v) is 9.17. The molecule has 3 unspecified atom stereocenters. The lowest BCUT2D eigenvalue weighted by Gasteiger charge is -2.30. The summed E-state index contributed by atoms with van der Waals surface area (Å²) in [6.07, 6.45) is 0.587. The Balaban J connectivity index is 1.73. The molecule has 2 heterocycles. The maximum atomic E-state index is 12.5. The van der Waals surface area contributed by atoms with Gasteiger partial charge in [0.1, 0.15) is 0 Å². The Morgan fingerprint density at radius 3 is 2.85 bits per heavy atom. The van der Waals surface area contributed by atoms with Crippen molar-refractivity contribution in [3.8, 4) is 0 Å². The molecule has 0 bridgehead atoms. The van der Waals surface area contributed by atoms with Crippen LogP contribution in [0.3, 0.4) is 0 Å². The van der Waals surface area contributed by atoms with Crippen molar-refractivity contribution >= 4 is 50.7 Å². The summed E-state index contributed by atoms with van der Waals surface area (Å²) in [5, 5.41) is 4.80. The van der Waals surface area contributed by atoms with Crippen LogP contribution in [0.25, 0.3) is 10.1 Å². The van der Waals surface area contributed by atoms with Gasteiger partial charge in [0.15, 0.2) is 5.78 Å². The number of rotatable bonds is 3. The van der Waals surface area contributed by atoms with Crippen molar-refractivity contribution in [2.75, 3.05) is 5.75 Å². The topological polar surface area (TPSA) is 17.1 Å². The van der Waals surface area contributed by atoms with E-state index in [1.165, 1.54) is 15.6 Å². The molecule has 2 aromatic rings. The Morgan fingerprint density at radius 1 is 1.25 bits per heavy atom. The molecule has 0 saturated carbocycles. The van der Waals surface area contributed by atoms with Crippen molar-refractivity contribution in [2.45, 2.75) is 36.0 Å². The monoisotopic (exact) mass is 322 g/mol. The second kappa shape index (κ2) is 6.12. The van der Waals surface area contributed by atoms with E-state index in [0.29, 0.717) is 22.7 Å². The molecule has 0 spiro atoms. The Morgan fingerprint density at radius 2 is 2.05 bits per heavy atom. The van der Waals surface area contributed by atoms with Crippen molar-refractivity contribution in [2.24, 2.45) is 0 Å². The van der Waals surface area contributed by atoms with E-state index in [0.717, 1.165) is 5.75 Å². The molecule has 1 aromatic heterocycles. The molecule has 1 fully saturated rings. The zero-order chi connectivity index (χ0) is 14.1. The third kappa shape index (κ3) is 2.92. The summed E-state index contributed by atoms with van der Waals surface area (Å²) in [5.74, 6) is 1.36. The average Bonchev–Trinajstić information content (AvgIpc) is 2.85. The second-order valence-electron chi connectivity index (χ2n) is 5.27. The molecule has 1 nitrogen and oxygen atoms in total. The van der Waals surface area contributed by atoms with E-state index < -0.39 is 0 Å². The molecule has 106 valence electrons. The van der Waals surface area contributed by atoms with Crippen molar-refractivity contribution < 1.29 is 4.79 Å². The van der Waals surface area contributed by atoms with Crippen molar-refractivity contribution in [3.05, 3.63) is 35.2 Å². The smallest absolute Gasteiger partial charge is 0.151 e. The van der Waals surface area contributed by atoms with Crippen LogP contribution in [0.4, 0.5) is 0 Å². The van der Waals surface area contributed by atoms with Gasteiger partial charge < -0.3 is 0 Å². The van der Waals surface area contributed by atoms with E-state index in [1.807, 2.05) is 23.5 Å². The van der Waals surface area contributed by atoms with Crippen molar-refractivity contribution in [3.63, 3.8) is 0 Å². The first-order valence-electron chi connectivity index (χ1n) is 6.90. The van der Waals surface area contributed by atoms with Gasteiger partial charge in [0.25, 0.3) is 0 Å². The molecule has 0 N–H and O–H groups in total. The number of hydrogen-bond acceptors (Lipinski definition) is 4. The molecule has 20 heavy (non-hydrogen) atoms. The van der Waals surface area contributed by atoms with E-state index in [1.54, 1.807) is 11.3 Å². The van der Waals surface area contributed by atoms with Crippen LogP contribution in [0.1, 0.15) is 19.4 Å². The van der Waals surface area contributed by atoms with Gasteiger partial charge in [-0.2, -0.15) is 11.8 Å². The summed E-state index contributed by atoms with van der Waals surface area (Å²) in [6, 6.07) is 8.37. The molecule has 1 aliphatic rings. The molecular weight excluding hydrogens is 304 g/mol. The number of Topliss-reactive ketones (excluding diaryl/α,β-unsaturated/α-hetero) is 1. The maximum absolute atomic E-state index is 12.5. The predicted octanol–water partition coefficient (Wildman–Crippen LogP) is 4.64. The molecule has 1 aliphatic heterocycles. The van der Waals surface area contributed by atoms with Crippen LogP contribution in [0.15, 0.2) is 29.6 Å². The highest BCUT2D eigenvalue weighted by molar-refractivity contribution is 8.08. The first-order valence-corrected chi connectivity index (χ1v) is 9.77. The Hall–Kier alpha value is -0.450. The normalized spacial score (nSPS) is 26.8. The summed E-state index contributed by atoms with van der Waals surface area (Å²) in [6.45, 7) is 4.50. The van der Waals surface area contributed by atoms with Crippen LogP contribution in [-0.2, 0) is 11.2 Å². The first-order chi connectivity index (χ1) is 9.65. The number of fused-ring (bicyclic) bond motifs is 1. The minimum Gasteiger partial charge on any atom is -0.298 e. The predicted molar refractivity (Wildman–Crippen MR) is 93.3 cm³/mol. The van der Waals surface area contributed by atoms with Crippen molar-refractivity contribution in [1.29, 1.82) is 0 Å². The van der Waals surface area contributed by atoms with Gasteiger partial charge in [-0.05, 0) is 22.4 Å². The molecule has 0 radical (unpaired) electrons. The molecule has 3 atom stereocenters. The van der Waals surface area contributed by atoms with Gasteiger partial charge in [-0.1, -0.05) is 32.0 Å². The number of hydrogen-bond donors (Lipinski definition) is 0. The van der Waals surface area contributed by atoms with E-state index in [2.05, 4.69) is 43.5 Å². The lowest BCUT2D eigenvalue weighted by molar-refractivity contribution is -0.117. The van der Waals surface area contributed by atoms with Gasteiger partial charge >= 0.3 is 0 Å². The van der Waals surface area contributed by atoms with Crippen LogP contribution in [0, 0.1) is 0 Å². The minimum atomic E-state index is 0.171. The van der Waals surface area contributed by atoms with Gasteiger partial charge in [-0.25, -0.2) is 0 Å². The number of benzene rings is 1. The van der Waals surface area contributed by atoms with Gasteiger partial charge in [0.05, 0.1) is 5.25 Å². The first kappa shape index (κ1) is 14.5. The zero-order valence-electron chi connectivity index (χ0n) is 11.7. The maximum Gasteiger partial charge on any atom is 0.151 e. The Bertz CT molecular complexity index is 619. The Kier molecular flexibility index (Phi) is 4.43. The van der Waals surface area contributed by atoms with Gasteiger partial charge in [0, 0.05) is 27.4 Å². The molecular formula is C16H18OS3. The van der Waals surface area contributed by atoms with Gasteiger partial charge in [0.2, 0.25) is 0 Å². The standard InChI is InChI=1S/C16H18OS3/c1-10-11(2)20-16(9-18-10)14(17)7-12-8-19-15-6-4-3-5-13(12)15/h3-6,8,10-11,16H,7,9H2,1-2H3. The molecule has 0 amide bonds. The fourth-order valence-corrected chi connectivity index (χ4v) is 6.27. The lowest BCUT2D eigenvalue weighted by Crippen LogP contribution is -2.32. The fraction of sp³-hybridized carbons (Fsp3) is 0.438. The third-order valence-corrected chi connectivity index (χ3v) is 8.29. The fourth-order valence-electron chi connectivity index (χ4n) is 2.42. The Labute approximate surface area is 132 Å². The number of ketones is 1. The van der Waals surface area contributed by atoms with Gasteiger partial charge in [-0.3, -0.25) is 4.79 Å². The number of carbonyl (C=O) groups excluding carboxylic acids is 1. The molecule has 4 heteroatoms. The highest BCUT2D eigenvalue weighted by Crippen LogP contribution is 2.37. The van der Waals surface area contributed by atoms with E-state index >= 15 is 0 Å². The summed E-state index contributed by atoms with van der Waals surface area (Å²) >= 11 is 5.54. The van der Waals surface area contributed by atoms with Crippen molar-refractivity contribution in [1.82, 2.24) is 0 Å². The van der Waals surface area contributed by atoms with E-state index in [4.69, 9.17) is 0 Å². The lowest BCUT2D eigenvalue weighted by atomic mass is 10.1. The van der Waals surface area contributed by atoms with E-state index in [9.17, 15) is 4.79 Å². The summed E-state index contributed by atoms with van der Waals surface area (Å²) in [4.78, 5) is 12.5. The van der Waals surface area contributed by atoms with Crippen LogP contribution in [0.2, 0.25) is 0 Å². The summed E-state index contributed by atoms with van der Waals surface area (Å²) < 4.78 is 1.28. The molecule has 1 aromatic carbocycles. The van der Waals surface area contributed by atoms with Crippen LogP contribution in [-0.4, -0.2) is 27.3 Å². The van der Waals surface area contributed by atoms with Crippen LogP contribution in [0.5, 0.6) is 0 Å². The highest BCUT2D eigenvalue weighted by Gasteiger charge is 2.30. The summed E-state index contributed by atoms with van der Waals surface area (Å²) in [7, 11) is 0. The average molecular weight is 323 g/mol. The molecule has 3 rings (SSSR count). The molecule has 1 saturated heterocycles. The minimum absolute atomic E-state index is 0.171. The number of thioether (sulfide) groups is 2. The summed E-state index contributed by atoms with van der Waals surface area (Å²) in [5.41, 5.74) is 1.20. The number of carbonyl (C=O) groups is 1. The van der Waals surface area contributed by atoms with Gasteiger partial charge in [-0.15, -0.1) is 23.1 Å². The van der Waals surface area contributed by atoms with Crippen LogP contribution < -0.4 is 0 Å². The molecule has 0 aliphatic carbocycles. The SMILES string of the molecule is CC1SCC(C(=O)Cc2csc3ccccc23)SC1C. The highest BCUT2D eigenvalue weighted by atomic mass is 32.2. The quantitative estimate of drug-likeness (QED) is 0.819.